The van der Waals surface area contributed by atoms with Crippen LogP contribution in [0.4, 0.5) is 0 Å². The summed E-state index contributed by atoms with van der Waals surface area (Å²) < 4.78 is 6.24. The van der Waals surface area contributed by atoms with Gasteiger partial charge in [-0.1, -0.05) is 140 Å². The van der Waals surface area contributed by atoms with Crippen LogP contribution in [0.3, 0.4) is 0 Å². The minimum Gasteiger partial charge on any atom is -0.456 e. The second kappa shape index (κ2) is 11.2. The van der Waals surface area contributed by atoms with Crippen LogP contribution in [0.5, 0.6) is 0 Å². The van der Waals surface area contributed by atoms with E-state index in [2.05, 4.69) is 121 Å². The van der Waals surface area contributed by atoms with Crippen molar-refractivity contribution in [3.05, 3.63) is 170 Å². The second-order valence-corrected chi connectivity index (χ2v) is 11.8. The molecule has 7 aromatic carbocycles. The van der Waals surface area contributed by atoms with Gasteiger partial charge in [0.15, 0.2) is 5.82 Å². The zero-order valence-electron chi connectivity index (χ0n) is 25.5. The predicted molar refractivity (Wildman–Crippen MR) is 194 cm³/mol. The maximum Gasteiger partial charge on any atom is 0.160 e. The van der Waals surface area contributed by atoms with Gasteiger partial charge in [0.25, 0.3) is 0 Å². The quantitative estimate of drug-likeness (QED) is 0.197. The molecule has 0 unspecified atom stereocenters. The van der Waals surface area contributed by atoms with Crippen LogP contribution in [-0.2, 0) is 0 Å². The van der Waals surface area contributed by atoms with Crippen LogP contribution in [0.15, 0.2) is 174 Å². The van der Waals surface area contributed by atoms with Gasteiger partial charge in [-0.05, 0) is 63.7 Å². The van der Waals surface area contributed by atoms with Crippen LogP contribution >= 0.6 is 0 Å². The summed E-state index contributed by atoms with van der Waals surface area (Å²) in [4.78, 5) is 10.4. The van der Waals surface area contributed by atoms with Gasteiger partial charge in [0.05, 0.1) is 16.6 Å². The Labute approximate surface area is 272 Å². The van der Waals surface area contributed by atoms with Crippen molar-refractivity contribution in [2.75, 3.05) is 0 Å². The maximum absolute atomic E-state index is 6.24. The summed E-state index contributed by atoms with van der Waals surface area (Å²) in [5, 5.41) is 3.06. The molecular weight excluding hydrogens is 572 g/mol. The Hall–Kier alpha value is -6.32. The molecule has 0 radical (unpaired) electrons. The monoisotopic (exact) mass is 600 g/mol. The number of rotatable bonds is 5. The third-order valence-electron chi connectivity index (χ3n) is 8.90. The molecular formula is C44H28N2O. The Morgan fingerprint density at radius 3 is 1.60 bits per heavy atom. The average molecular weight is 601 g/mol. The van der Waals surface area contributed by atoms with E-state index in [4.69, 9.17) is 14.4 Å². The van der Waals surface area contributed by atoms with Crippen molar-refractivity contribution in [2.45, 2.75) is 0 Å². The minimum atomic E-state index is 0.692. The van der Waals surface area contributed by atoms with Crippen LogP contribution in [0.25, 0.3) is 88.9 Å². The summed E-state index contributed by atoms with van der Waals surface area (Å²) in [7, 11) is 0. The molecule has 2 heterocycles. The number of benzene rings is 7. The van der Waals surface area contributed by atoms with Gasteiger partial charge in [-0.25, -0.2) is 9.97 Å². The van der Waals surface area contributed by atoms with E-state index in [-0.39, 0.29) is 0 Å². The molecule has 0 atom stereocenters. The van der Waals surface area contributed by atoms with Crippen molar-refractivity contribution in [3.8, 4) is 56.0 Å². The van der Waals surface area contributed by atoms with E-state index in [1.165, 1.54) is 22.3 Å². The molecule has 0 fully saturated rings. The zero-order valence-corrected chi connectivity index (χ0v) is 25.5. The average Bonchev–Trinajstić information content (AvgIpc) is 3.55. The van der Waals surface area contributed by atoms with Crippen LogP contribution in [-0.4, -0.2) is 9.97 Å². The topological polar surface area (TPSA) is 38.9 Å². The normalized spacial score (nSPS) is 11.4. The number of nitrogens with zero attached hydrogens (tertiary/aromatic N) is 2. The number of para-hydroxylation sites is 1. The van der Waals surface area contributed by atoms with Crippen molar-refractivity contribution in [1.29, 1.82) is 0 Å². The van der Waals surface area contributed by atoms with Crippen molar-refractivity contribution < 1.29 is 4.42 Å². The molecule has 0 bridgehead atoms. The Morgan fingerprint density at radius 1 is 0.340 bits per heavy atom. The standard InChI is InChI=1S/C44H28N2O/c1-3-11-29(12-4-1)30-21-23-31(24-22-30)33-15-9-16-34(27-33)35-17-10-18-36(28-35)42-38-25-26-40-41(37-19-7-8-20-39(37)47-40)43(38)46-44(45-42)32-13-5-2-6-14-32/h1-28H. The van der Waals surface area contributed by atoms with E-state index in [9.17, 15) is 0 Å². The van der Waals surface area contributed by atoms with E-state index >= 15 is 0 Å². The highest BCUT2D eigenvalue weighted by atomic mass is 16.3. The third-order valence-corrected chi connectivity index (χ3v) is 8.90. The van der Waals surface area contributed by atoms with Gasteiger partial charge < -0.3 is 4.42 Å². The largest absolute Gasteiger partial charge is 0.456 e. The molecule has 3 heteroatoms. The highest BCUT2D eigenvalue weighted by Gasteiger charge is 2.18. The molecule has 0 N–H and O–H groups in total. The van der Waals surface area contributed by atoms with Crippen molar-refractivity contribution in [2.24, 2.45) is 0 Å². The first-order valence-corrected chi connectivity index (χ1v) is 15.8. The Balaban J connectivity index is 1.17. The van der Waals surface area contributed by atoms with Gasteiger partial charge in [-0.2, -0.15) is 0 Å². The Morgan fingerprint density at radius 2 is 0.872 bits per heavy atom. The molecule has 0 aliphatic carbocycles. The molecule has 0 saturated carbocycles. The molecule has 0 aliphatic rings. The second-order valence-electron chi connectivity index (χ2n) is 11.8. The SMILES string of the molecule is c1ccc(-c2ccc(-c3cccc(-c4cccc(-c5nc(-c6ccccc6)nc6c5ccc5oc7ccccc7c56)c4)c3)cc2)cc1. The van der Waals surface area contributed by atoms with Crippen LogP contribution < -0.4 is 0 Å². The maximum atomic E-state index is 6.24. The Bertz CT molecular complexity index is 2550. The van der Waals surface area contributed by atoms with Crippen LogP contribution in [0, 0.1) is 0 Å². The van der Waals surface area contributed by atoms with Crippen LogP contribution in [0.1, 0.15) is 0 Å². The molecule has 0 spiro atoms. The molecule has 0 saturated heterocycles. The summed E-state index contributed by atoms with van der Waals surface area (Å²) in [6.07, 6.45) is 0. The van der Waals surface area contributed by atoms with Crippen LogP contribution in [0.2, 0.25) is 0 Å². The van der Waals surface area contributed by atoms with Gasteiger partial charge in [-0.3, -0.25) is 0 Å². The summed E-state index contributed by atoms with van der Waals surface area (Å²) in [6.45, 7) is 0. The molecule has 9 rings (SSSR count). The Kier molecular flexibility index (Phi) is 6.46. The van der Waals surface area contributed by atoms with E-state index in [1.807, 2.05) is 48.5 Å². The summed E-state index contributed by atoms with van der Waals surface area (Å²) in [5.41, 5.74) is 12.6. The van der Waals surface area contributed by atoms with Gasteiger partial charge in [0.1, 0.15) is 11.2 Å². The fourth-order valence-corrected chi connectivity index (χ4v) is 6.55. The van der Waals surface area contributed by atoms with E-state index in [1.54, 1.807) is 0 Å². The lowest BCUT2D eigenvalue weighted by molar-refractivity contribution is 0.669. The smallest absolute Gasteiger partial charge is 0.160 e. The number of hydrogen-bond donors (Lipinski definition) is 0. The minimum absolute atomic E-state index is 0.692. The molecule has 0 aliphatic heterocycles. The highest BCUT2D eigenvalue weighted by Crippen LogP contribution is 2.39. The van der Waals surface area contributed by atoms with E-state index in [0.717, 1.165) is 60.8 Å². The van der Waals surface area contributed by atoms with E-state index < -0.39 is 0 Å². The number of furan rings is 1. The zero-order chi connectivity index (χ0) is 31.2. The first-order chi connectivity index (χ1) is 23.3. The predicted octanol–water partition coefficient (Wildman–Crippen LogP) is 11.9. The lowest BCUT2D eigenvalue weighted by Crippen LogP contribution is -1.96. The summed E-state index contributed by atoms with van der Waals surface area (Å²) in [6, 6.07) is 59.2. The summed E-state index contributed by atoms with van der Waals surface area (Å²) >= 11 is 0. The molecule has 2 aromatic heterocycles. The van der Waals surface area contributed by atoms with E-state index in [0.29, 0.717) is 5.82 Å². The molecule has 9 aromatic rings. The molecule has 3 nitrogen and oxygen atoms in total. The van der Waals surface area contributed by atoms with Gasteiger partial charge in [0.2, 0.25) is 0 Å². The molecule has 220 valence electrons. The fourth-order valence-electron chi connectivity index (χ4n) is 6.55. The first kappa shape index (κ1) is 27.0. The highest BCUT2D eigenvalue weighted by molar-refractivity contribution is 6.19. The van der Waals surface area contributed by atoms with Crippen molar-refractivity contribution in [1.82, 2.24) is 9.97 Å². The van der Waals surface area contributed by atoms with Gasteiger partial charge >= 0.3 is 0 Å². The third kappa shape index (κ3) is 4.86. The fraction of sp³-hybridized carbons (Fsp3) is 0. The lowest BCUT2D eigenvalue weighted by atomic mass is 9.95. The van der Waals surface area contributed by atoms with Gasteiger partial charge in [-0.15, -0.1) is 0 Å². The van der Waals surface area contributed by atoms with Crippen molar-refractivity contribution >= 4 is 32.8 Å². The van der Waals surface area contributed by atoms with Gasteiger partial charge in [0, 0.05) is 21.9 Å². The number of hydrogen-bond acceptors (Lipinski definition) is 3. The lowest BCUT2D eigenvalue weighted by Gasteiger charge is -2.12. The molecule has 0 amide bonds. The first-order valence-electron chi connectivity index (χ1n) is 15.8. The molecule has 47 heavy (non-hydrogen) atoms. The summed E-state index contributed by atoms with van der Waals surface area (Å²) in [5.74, 6) is 0.692. The van der Waals surface area contributed by atoms with Crippen molar-refractivity contribution in [3.63, 3.8) is 0 Å². The number of aromatic nitrogens is 2. The number of fused-ring (bicyclic) bond motifs is 5.